The molecular weight excluding hydrogens is 198 g/mol. The second kappa shape index (κ2) is 3.52. The Morgan fingerprint density at radius 1 is 1.67 bits per heavy atom. The number of nitrogens with one attached hydrogen (secondary N) is 1. The molecule has 15 heavy (non-hydrogen) atoms. The first kappa shape index (κ1) is 9.38. The summed E-state index contributed by atoms with van der Waals surface area (Å²) in [5.74, 6) is 0.00157. The molecule has 0 bridgehead atoms. The number of nitrogen functional groups attached to an aromatic ring is 1. The molecule has 2 aromatic rings. The number of nitrogens with zero attached hydrogens (tertiary/aromatic N) is 3. The molecule has 2 heterocycles. The van der Waals surface area contributed by atoms with Crippen LogP contribution in [-0.2, 0) is 16.1 Å². The van der Waals surface area contributed by atoms with E-state index in [4.69, 9.17) is 5.73 Å². The summed E-state index contributed by atoms with van der Waals surface area (Å²) < 4.78 is 6.16. The summed E-state index contributed by atoms with van der Waals surface area (Å²) in [6.45, 7) is 0.0902. The Morgan fingerprint density at radius 3 is 3.20 bits per heavy atom. The number of fused-ring (bicyclic) bond motifs is 1. The van der Waals surface area contributed by atoms with E-state index in [1.165, 1.54) is 13.4 Å². The molecule has 0 saturated carbocycles. The van der Waals surface area contributed by atoms with Crippen molar-refractivity contribution in [1.29, 1.82) is 0 Å². The monoisotopic (exact) mass is 208 g/mol. The van der Waals surface area contributed by atoms with E-state index in [-0.39, 0.29) is 12.5 Å². The average Bonchev–Trinajstić information content (AvgIpc) is 2.63. The number of carbonyl (C=O) groups is 1. The Kier molecular flexibility index (Phi) is 2.20. The lowest BCUT2D eigenvalue weighted by atomic mass is 10.5. The third-order valence-corrected chi connectivity index (χ3v) is 2.02. The first-order valence-corrected chi connectivity index (χ1v) is 4.26. The fourth-order valence-corrected chi connectivity index (χ4v) is 1.27. The number of rotatable bonds is 2. The highest BCUT2D eigenvalue weighted by molar-refractivity contribution is 5.78. The largest absolute Gasteiger partial charge is 0.467 e. The highest BCUT2D eigenvalue weighted by Gasteiger charge is 2.16. The van der Waals surface area contributed by atoms with Gasteiger partial charge in [-0.25, -0.2) is 9.36 Å². The van der Waals surface area contributed by atoms with Crippen molar-refractivity contribution in [3.63, 3.8) is 0 Å². The van der Waals surface area contributed by atoms with Crippen molar-refractivity contribution >= 4 is 23.0 Å². The van der Waals surface area contributed by atoms with Crippen LogP contribution in [0.15, 0.2) is 12.7 Å². The third-order valence-electron chi connectivity index (χ3n) is 2.02. The summed E-state index contributed by atoms with van der Waals surface area (Å²) in [7, 11) is 1.33. The molecule has 2 aromatic heterocycles. The first-order valence-electron chi connectivity index (χ1n) is 4.26. The number of ether oxygens (including phenoxy) is 1. The molecule has 2 rings (SSSR count). The summed E-state index contributed by atoms with van der Waals surface area (Å²) in [4.78, 5) is 21.8. The van der Waals surface area contributed by atoms with Crippen LogP contribution in [0.4, 0.5) is 5.82 Å². The molecule has 7 nitrogen and oxygen atoms in total. The molecule has 0 saturated heterocycles. The van der Waals surface area contributed by atoms with Gasteiger partial charge in [0.05, 0.1) is 7.11 Å². The Bertz CT molecular complexity index is 507. The maximum atomic E-state index is 11.1. The van der Waals surface area contributed by atoms with Gasteiger partial charge in [0.15, 0.2) is 25.0 Å². The van der Waals surface area contributed by atoms with E-state index in [1.54, 1.807) is 10.9 Å². The van der Waals surface area contributed by atoms with Gasteiger partial charge in [-0.15, -0.1) is 0 Å². The van der Waals surface area contributed by atoms with E-state index in [2.05, 4.69) is 19.7 Å². The second-order valence-electron chi connectivity index (χ2n) is 2.93. The lowest BCUT2D eigenvalue weighted by Gasteiger charge is -1.95. The minimum Gasteiger partial charge on any atom is -0.467 e. The van der Waals surface area contributed by atoms with Gasteiger partial charge in [-0.1, -0.05) is 4.98 Å². The molecule has 78 valence electrons. The summed E-state index contributed by atoms with van der Waals surface area (Å²) in [5.41, 5.74) is 6.81. The van der Waals surface area contributed by atoms with Gasteiger partial charge >= 0.3 is 11.6 Å². The number of esters is 1. The summed E-state index contributed by atoms with van der Waals surface area (Å²) >= 11 is 0. The number of hydrogen-bond acceptors (Lipinski definition) is 5. The standard InChI is InChI=1S/C8H9N5O2/c1-15-5(14)2-13-4-12-6-7(9)10-3-11-8(6)13/h3-4H,2H2,1H3,(H2,9,10,11)/p+1. The number of carbonyl (C=O) groups excluding carboxylic acids is 1. The van der Waals surface area contributed by atoms with Crippen LogP contribution in [0.3, 0.4) is 0 Å². The van der Waals surface area contributed by atoms with E-state index >= 15 is 0 Å². The first-order chi connectivity index (χ1) is 7.22. The van der Waals surface area contributed by atoms with Gasteiger partial charge in [0.2, 0.25) is 5.52 Å². The van der Waals surface area contributed by atoms with Crippen LogP contribution in [-0.4, -0.2) is 28.0 Å². The van der Waals surface area contributed by atoms with E-state index < -0.39 is 0 Å². The average molecular weight is 208 g/mol. The van der Waals surface area contributed by atoms with Gasteiger partial charge < -0.3 is 10.5 Å². The van der Waals surface area contributed by atoms with Gasteiger partial charge in [0, 0.05) is 0 Å². The van der Waals surface area contributed by atoms with E-state index in [0.29, 0.717) is 17.0 Å². The molecule has 0 unspecified atom stereocenters. The Balaban J connectivity index is 2.45. The molecule has 3 N–H and O–H groups in total. The zero-order chi connectivity index (χ0) is 10.8. The number of methoxy groups -OCH3 is 1. The molecule has 0 radical (unpaired) electrons. The Labute approximate surface area is 84.9 Å². The molecule has 0 aromatic carbocycles. The molecule has 0 aliphatic heterocycles. The molecule has 0 atom stereocenters. The summed E-state index contributed by atoms with van der Waals surface area (Å²) in [6, 6.07) is 0. The number of H-pyrrole nitrogens is 1. The van der Waals surface area contributed by atoms with Crippen LogP contribution in [0, 0.1) is 0 Å². The fourth-order valence-electron chi connectivity index (χ4n) is 1.27. The van der Waals surface area contributed by atoms with Crippen molar-refractivity contribution in [2.24, 2.45) is 0 Å². The molecule has 0 spiro atoms. The molecule has 0 aliphatic rings. The fraction of sp³-hybridized carbons (Fsp3) is 0.250. The summed E-state index contributed by atoms with van der Waals surface area (Å²) in [5, 5.41) is 0. The van der Waals surface area contributed by atoms with E-state index in [9.17, 15) is 4.79 Å². The number of aromatic nitrogens is 4. The highest BCUT2D eigenvalue weighted by Crippen LogP contribution is 2.08. The van der Waals surface area contributed by atoms with Crippen LogP contribution in [0.1, 0.15) is 0 Å². The van der Waals surface area contributed by atoms with E-state index in [0.717, 1.165) is 0 Å². The van der Waals surface area contributed by atoms with Crippen LogP contribution in [0.5, 0.6) is 0 Å². The molecule has 7 heteroatoms. The second-order valence-corrected chi connectivity index (χ2v) is 2.93. The minimum absolute atomic E-state index is 0.0902. The maximum absolute atomic E-state index is 11.1. The van der Waals surface area contributed by atoms with Crippen molar-refractivity contribution in [3.8, 4) is 0 Å². The van der Waals surface area contributed by atoms with Crippen molar-refractivity contribution in [1.82, 2.24) is 15.0 Å². The van der Waals surface area contributed by atoms with Crippen LogP contribution >= 0.6 is 0 Å². The Morgan fingerprint density at radius 2 is 2.47 bits per heavy atom. The van der Waals surface area contributed by atoms with Gasteiger partial charge in [0.1, 0.15) is 0 Å². The number of nitrogens with two attached hydrogens (primary N) is 1. The molecule has 0 aliphatic carbocycles. The topological polar surface area (TPSA) is 97.8 Å². The predicted molar refractivity (Wildman–Crippen MR) is 50.5 cm³/mol. The number of hydrogen-bond donors (Lipinski definition) is 2. The highest BCUT2D eigenvalue weighted by atomic mass is 16.5. The van der Waals surface area contributed by atoms with Crippen molar-refractivity contribution in [2.75, 3.05) is 12.8 Å². The number of aromatic amines is 1. The predicted octanol–water partition coefficient (Wildman–Crippen LogP) is -0.999. The van der Waals surface area contributed by atoms with Gasteiger partial charge in [-0.3, -0.25) is 4.98 Å². The van der Waals surface area contributed by atoms with Crippen molar-refractivity contribution in [3.05, 3.63) is 12.7 Å². The van der Waals surface area contributed by atoms with E-state index in [1.807, 2.05) is 0 Å². The van der Waals surface area contributed by atoms with Crippen molar-refractivity contribution in [2.45, 2.75) is 6.54 Å². The summed E-state index contributed by atoms with van der Waals surface area (Å²) in [6.07, 6.45) is 2.95. The normalized spacial score (nSPS) is 10.5. The Hall–Kier alpha value is -2.18. The van der Waals surface area contributed by atoms with Crippen LogP contribution < -0.4 is 10.3 Å². The maximum Gasteiger partial charge on any atom is 0.340 e. The quantitative estimate of drug-likeness (QED) is 0.487. The number of anilines is 1. The van der Waals surface area contributed by atoms with Crippen LogP contribution in [0.25, 0.3) is 11.2 Å². The van der Waals surface area contributed by atoms with Gasteiger partial charge in [0.25, 0.3) is 0 Å². The lowest BCUT2D eigenvalue weighted by molar-refractivity contribution is -0.661. The van der Waals surface area contributed by atoms with Crippen LogP contribution in [0.2, 0.25) is 0 Å². The third kappa shape index (κ3) is 1.58. The van der Waals surface area contributed by atoms with Gasteiger partial charge in [-0.2, -0.15) is 4.98 Å². The smallest absolute Gasteiger partial charge is 0.340 e. The molecule has 0 amide bonds. The zero-order valence-electron chi connectivity index (χ0n) is 8.10. The van der Waals surface area contributed by atoms with Crippen molar-refractivity contribution < 1.29 is 14.1 Å². The molecular formula is C8H10N5O2+. The minimum atomic E-state index is -0.349. The lowest BCUT2D eigenvalue weighted by Crippen LogP contribution is -2.37. The zero-order valence-corrected chi connectivity index (χ0v) is 8.10. The SMILES string of the molecule is COC(=O)C[n+]1c[nH]c2c(N)ncnc21. The molecule has 0 fully saturated rings. The van der Waals surface area contributed by atoms with Gasteiger partial charge in [-0.05, 0) is 0 Å². The number of imidazole rings is 1.